The van der Waals surface area contributed by atoms with E-state index in [-0.39, 0.29) is 0 Å². The lowest BCUT2D eigenvalue weighted by Crippen LogP contribution is -1.95. The predicted molar refractivity (Wildman–Crippen MR) is 67.2 cm³/mol. The zero-order valence-electron chi connectivity index (χ0n) is 9.12. The van der Waals surface area contributed by atoms with Crippen LogP contribution >= 0.6 is 11.3 Å². The Bertz CT molecular complexity index is 651. The molecule has 0 aromatic carbocycles. The molecule has 3 aromatic rings. The van der Waals surface area contributed by atoms with E-state index in [1.165, 1.54) is 0 Å². The first-order valence-electron chi connectivity index (χ1n) is 5.09. The fourth-order valence-corrected chi connectivity index (χ4v) is 2.38. The molecule has 0 bridgehead atoms. The van der Waals surface area contributed by atoms with Crippen LogP contribution in [-0.4, -0.2) is 22.1 Å². The second-order valence-electron chi connectivity index (χ2n) is 3.41. The smallest absolute Gasteiger partial charge is 0.235 e. The fourth-order valence-electron chi connectivity index (χ4n) is 1.58. The molecule has 84 valence electrons. The second kappa shape index (κ2) is 4.10. The Kier molecular flexibility index (Phi) is 2.45. The summed E-state index contributed by atoms with van der Waals surface area (Å²) in [6, 6.07) is 7.61. The highest BCUT2D eigenvalue weighted by Crippen LogP contribution is 2.29. The summed E-state index contributed by atoms with van der Waals surface area (Å²) < 4.78 is 6.24. The standard InChI is InChI=1S/C12H9N3OS/c1-16-12-10-8(5-7-17-10)14-11(15-12)9-4-2-3-6-13-9/h2-7H,1H3. The Balaban J connectivity index is 2.24. The Morgan fingerprint density at radius 2 is 2.12 bits per heavy atom. The van der Waals surface area contributed by atoms with Gasteiger partial charge in [0, 0.05) is 6.20 Å². The van der Waals surface area contributed by atoms with Crippen LogP contribution in [0, 0.1) is 0 Å². The summed E-state index contributed by atoms with van der Waals surface area (Å²) in [7, 11) is 1.61. The quantitative estimate of drug-likeness (QED) is 0.694. The zero-order valence-corrected chi connectivity index (χ0v) is 9.94. The van der Waals surface area contributed by atoms with Crippen LogP contribution in [0.15, 0.2) is 35.8 Å². The summed E-state index contributed by atoms with van der Waals surface area (Å²) in [5, 5.41) is 1.98. The summed E-state index contributed by atoms with van der Waals surface area (Å²) in [5.41, 5.74) is 1.64. The molecule has 0 fully saturated rings. The first-order chi connectivity index (χ1) is 8.38. The molecule has 0 unspecified atom stereocenters. The van der Waals surface area contributed by atoms with Crippen molar-refractivity contribution in [2.45, 2.75) is 0 Å². The molecule has 0 aliphatic rings. The molecule has 0 radical (unpaired) electrons. The van der Waals surface area contributed by atoms with E-state index < -0.39 is 0 Å². The third-order valence-corrected chi connectivity index (χ3v) is 3.25. The van der Waals surface area contributed by atoms with Gasteiger partial charge in [0.2, 0.25) is 5.88 Å². The van der Waals surface area contributed by atoms with Crippen molar-refractivity contribution in [1.29, 1.82) is 0 Å². The molecule has 4 nitrogen and oxygen atoms in total. The van der Waals surface area contributed by atoms with E-state index >= 15 is 0 Å². The maximum absolute atomic E-state index is 5.28. The van der Waals surface area contributed by atoms with Gasteiger partial charge in [0.1, 0.15) is 10.4 Å². The molecule has 0 aliphatic carbocycles. The van der Waals surface area contributed by atoms with Crippen molar-refractivity contribution < 1.29 is 4.74 Å². The normalized spacial score (nSPS) is 10.6. The Morgan fingerprint density at radius 1 is 1.18 bits per heavy atom. The molecule has 0 amide bonds. The molecule has 3 rings (SSSR count). The average molecular weight is 243 g/mol. The third-order valence-electron chi connectivity index (χ3n) is 2.36. The summed E-state index contributed by atoms with van der Waals surface area (Å²) in [6.07, 6.45) is 1.73. The lowest BCUT2D eigenvalue weighted by atomic mass is 10.3. The fraction of sp³-hybridized carbons (Fsp3) is 0.0833. The van der Waals surface area contributed by atoms with Crippen LogP contribution in [0.4, 0.5) is 0 Å². The van der Waals surface area contributed by atoms with Gasteiger partial charge in [-0.25, -0.2) is 4.98 Å². The van der Waals surface area contributed by atoms with E-state index in [1.54, 1.807) is 24.6 Å². The molecule has 0 spiro atoms. The van der Waals surface area contributed by atoms with Gasteiger partial charge in [-0.1, -0.05) is 6.07 Å². The van der Waals surface area contributed by atoms with Crippen LogP contribution in [0.25, 0.3) is 21.7 Å². The summed E-state index contributed by atoms with van der Waals surface area (Å²) >= 11 is 1.57. The van der Waals surface area contributed by atoms with Gasteiger partial charge in [0.05, 0.1) is 12.6 Å². The van der Waals surface area contributed by atoms with E-state index in [4.69, 9.17) is 4.74 Å². The summed E-state index contributed by atoms with van der Waals surface area (Å²) in [4.78, 5) is 13.1. The van der Waals surface area contributed by atoms with Crippen LogP contribution in [0.3, 0.4) is 0 Å². The topological polar surface area (TPSA) is 47.9 Å². The lowest BCUT2D eigenvalue weighted by molar-refractivity contribution is 0.404. The van der Waals surface area contributed by atoms with Gasteiger partial charge in [0.15, 0.2) is 5.82 Å². The average Bonchev–Trinajstić information content (AvgIpc) is 2.86. The van der Waals surface area contributed by atoms with Crippen molar-refractivity contribution in [1.82, 2.24) is 15.0 Å². The summed E-state index contributed by atoms with van der Waals surface area (Å²) in [6.45, 7) is 0. The minimum absolute atomic E-state index is 0.591. The molecule has 3 heterocycles. The van der Waals surface area contributed by atoms with Crippen molar-refractivity contribution >= 4 is 21.6 Å². The number of fused-ring (bicyclic) bond motifs is 1. The van der Waals surface area contributed by atoms with Crippen molar-refractivity contribution in [3.8, 4) is 17.4 Å². The van der Waals surface area contributed by atoms with E-state index in [1.807, 2.05) is 29.6 Å². The molecule has 3 aromatic heterocycles. The van der Waals surface area contributed by atoms with Gasteiger partial charge in [-0.3, -0.25) is 4.98 Å². The van der Waals surface area contributed by atoms with Crippen LogP contribution in [0.1, 0.15) is 0 Å². The van der Waals surface area contributed by atoms with Gasteiger partial charge >= 0.3 is 0 Å². The number of nitrogens with zero attached hydrogens (tertiary/aromatic N) is 3. The SMILES string of the molecule is COc1nc(-c2ccccn2)nc2ccsc12. The van der Waals surface area contributed by atoms with E-state index in [0.29, 0.717) is 11.7 Å². The molecular formula is C12H9N3OS. The maximum atomic E-state index is 5.28. The number of hydrogen-bond donors (Lipinski definition) is 0. The number of methoxy groups -OCH3 is 1. The maximum Gasteiger partial charge on any atom is 0.235 e. The highest BCUT2D eigenvalue weighted by atomic mass is 32.1. The largest absolute Gasteiger partial charge is 0.480 e. The Labute approximate surface area is 102 Å². The van der Waals surface area contributed by atoms with Crippen LogP contribution in [0.5, 0.6) is 5.88 Å². The molecule has 0 atom stereocenters. The molecule has 5 heteroatoms. The zero-order chi connectivity index (χ0) is 11.7. The number of aromatic nitrogens is 3. The second-order valence-corrected chi connectivity index (χ2v) is 4.32. The Hall–Kier alpha value is -2.01. The third kappa shape index (κ3) is 1.74. The van der Waals surface area contributed by atoms with Crippen LogP contribution in [0.2, 0.25) is 0 Å². The van der Waals surface area contributed by atoms with Gasteiger partial charge in [-0.05, 0) is 23.6 Å². The number of hydrogen-bond acceptors (Lipinski definition) is 5. The van der Waals surface area contributed by atoms with E-state index in [9.17, 15) is 0 Å². The van der Waals surface area contributed by atoms with E-state index in [2.05, 4.69) is 15.0 Å². The minimum atomic E-state index is 0.591. The molecule has 0 saturated carbocycles. The van der Waals surface area contributed by atoms with Gasteiger partial charge < -0.3 is 4.74 Å². The molecule has 0 aliphatic heterocycles. The number of rotatable bonds is 2. The Morgan fingerprint density at radius 3 is 2.88 bits per heavy atom. The van der Waals surface area contributed by atoms with Gasteiger partial charge in [-0.2, -0.15) is 4.98 Å². The first kappa shape index (κ1) is 10.2. The highest BCUT2D eigenvalue weighted by molar-refractivity contribution is 7.17. The van der Waals surface area contributed by atoms with E-state index in [0.717, 1.165) is 15.9 Å². The number of ether oxygens (including phenoxy) is 1. The van der Waals surface area contributed by atoms with Crippen molar-refractivity contribution in [2.24, 2.45) is 0 Å². The molecule has 17 heavy (non-hydrogen) atoms. The van der Waals surface area contributed by atoms with Crippen molar-refractivity contribution in [3.63, 3.8) is 0 Å². The highest BCUT2D eigenvalue weighted by Gasteiger charge is 2.11. The van der Waals surface area contributed by atoms with Crippen molar-refractivity contribution in [2.75, 3.05) is 7.11 Å². The predicted octanol–water partition coefficient (Wildman–Crippen LogP) is 2.76. The van der Waals surface area contributed by atoms with Crippen LogP contribution in [-0.2, 0) is 0 Å². The first-order valence-corrected chi connectivity index (χ1v) is 5.97. The molecule has 0 saturated heterocycles. The molecular weight excluding hydrogens is 234 g/mol. The monoisotopic (exact) mass is 243 g/mol. The lowest BCUT2D eigenvalue weighted by Gasteiger charge is -2.03. The van der Waals surface area contributed by atoms with Crippen molar-refractivity contribution in [3.05, 3.63) is 35.8 Å². The van der Waals surface area contributed by atoms with Crippen LogP contribution < -0.4 is 4.74 Å². The van der Waals surface area contributed by atoms with Gasteiger partial charge in [-0.15, -0.1) is 11.3 Å². The summed E-state index contributed by atoms with van der Waals surface area (Å²) in [5.74, 6) is 1.19. The minimum Gasteiger partial charge on any atom is -0.480 e. The van der Waals surface area contributed by atoms with Gasteiger partial charge in [0.25, 0.3) is 0 Å². The number of thiophene rings is 1. The number of pyridine rings is 1. The molecule has 0 N–H and O–H groups in total.